The molecule has 0 aliphatic rings. The summed E-state index contributed by atoms with van der Waals surface area (Å²) in [5.74, 6) is 0. The normalized spacial score (nSPS) is 11.2. The third-order valence-electron chi connectivity index (χ3n) is 3.06. The SMILES string of the molecule is [O-][n+]1cc2ccccc2cc1/C=C/c1ccccc1. The Hall–Kier alpha value is -2.61. The maximum atomic E-state index is 11.9. The maximum absolute atomic E-state index is 11.9. The highest BCUT2D eigenvalue weighted by molar-refractivity contribution is 5.83. The van der Waals surface area contributed by atoms with Gasteiger partial charge in [-0.2, -0.15) is 4.73 Å². The van der Waals surface area contributed by atoms with Crippen molar-refractivity contribution in [2.45, 2.75) is 0 Å². The van der Waals surface area contributed by atoms with Crippen molar-refractivity contribution in [3.63, 3.8) is 0 Å². The van der Waals surface area contributed by atoms with E-state index in [0.29, 0.717) is 5.69 Å². The average Bonchev–Trinajstić information content (AvgIpc) is 2.46. The fourth-order valence-electron chi connectivity index (χ4n) is 2.05. The number of nitrogens with zero attached hydrogens (tertiary/aromatic N) is 1. The molecule has 0 saturated carbocycles. The van der Waals surface area contributed by atoms with Crippen LogP contribution in [-0.2, 0) is 0 Å². The average molecular weight is 247 g/mol. The van der Waals surface area contributed by atoms with E-state index < -0.39 is 0 Å². The van der Waals surface area contributed by atoms with Crippen LogP contribution >= 0.6 is 0 Å². The van der Waals surface area contributed by atoms with Gasteiger partial charge in [0.05, 0.1) is 0 Å². The van der Waals surface area contributed by atoms with Gasteiger partial charge in [-0.15, -0.1) is 0 Å². The van der Waals surface area contributed by atoms with Crippen LogP contribution in [0.1, 0.15) is 11.3 Å². The van der Waals surface area contributed by atoms with Gasteiger partial charge < -0.3 is 5.21 Å². The lowest BCUT2D eigenvalue weighted by Gasteiger charge is -2.03. The number of hydrogen-bond donors (Lipinski definition) is 0. The lowest BCUT2D eigenvalue weighted by atomic mass is 10.1. The molecule has 0 radical (unpaired) electrons. The molecule has 0 spiro atoms. The summed E-state index contributed by atoms with van der Waals surface area (Å²) in [6.07, 6.45) is 5.40. The largest absolute Gasteiger partial charge is 0.618 e. The number of aromatic nitrogens is 1. The lowest BCUT2D eigenvalue weighted by Crippen LogP contribution is -2.29. The Morgan fingerprint density at radius 3 is 2.26 bits per heavy atom. The van der Waals surface area contributed by atoms with Crippen LogP contribution in [0, 0.1) is 5.21 Å². The number of benzene rings is 2. The van der Waals surface area contributed by atoms with Gasteiger partial charge in [0.1, 0.15) is 0 Å². The summed E-state index contributed by atoms with van der Waals surface area (Å²) < 4.78 is 0.905. The van der Waals surface area contributed by atoms with Gasteiger partial charge in [0.25, 0.3) is 0 Å². The molecule has 0 aliphatic carbocycles. The first-order valence-electron chi connectivity index (χ1n) is 6.18. The molecule has 0 bridgehead atoms. The molecule has 3 rings (SSSR count). The molecule has 0 aliphatic heterocycles. The Kier molecular flexibility index (Phi) is 2.99. The van der Waals surface area contributed by atoms with Crippen molar-refractivity contribution in [2.24, 2.45) is 0 Å². The Bertz CT molecular complexity index is 733. The molecule has 0 fully saturated rings. The van der Waals surface area contributed by atoms with Crippen LogP contribution in [-0.4, -0.2) is 0 Å². The van der Waals surface area contributed by atoms with E-state index in [2.05, 4.69) is 0 Å². The van der Waals surface area contributed by atoms with Crippen LogP contribution < -0.4 is 4.73 Å². The fraction of sp³-hybridized carbons (Fsp3) is 0. The van der Waals surface area contributed by atoms with Crippen molar-refractivity contribution in [1.82, 2.24) is 0 Å². The van der Waals surface area contributed by atoms with Crippen LogP contribution in [0.5, 0.6) is 0 Å². The Balaban J connectivity index is 2.01. The minimum atomic E-state index is 0.641. The smallest absolute Gasteiger partial charge is 0.217 e. The van der Waals surface area contributed by atoms with Gasteiger partial charge in [0, 0.05) is 17.5 Å². The van der Waals surface area contributed by atoms with Crippen molar-refractivity contribution < 1.29 is 4.73 Å². The molecule has 2 heteroatoms. The molecule has 0 N–H and O–H groups in total. The summed E-state index contributed by atoms with van der Waals surface area (Å²) in [5, 5.41) is 13.9. The highest BCUT2D eigenvalue weighted by atomic mass is 16.5. The second-order valence-corrected chi connectivity index (χ2v) is 4.40. The second-order valence-electron chi connectivity index (χ2n) is 4.40. The fourth-order valence-corrected chi connectivity index (χ4v) is 2.05. The minimum Gasteiger partial charge on any atom is -0.618 e. The first-order valence-corrected chi connectivity index (χ1v) is 6.18. The topological polar surface area (TPSA) is 26.9 Å². The van der Waals surface area contributed by atoms with E-state index in [1.54, 1.807) is 6.20 Å². The van der Waals surface area contributed by atoms with E-state index in [0.717, 1.165) is 21.1 Å². The predicted octanol–water partition coefficient (Wildman–Crippen LogP) is 3.64. The number of fused-ring (bicyclic) bond motifs is 1. The van der Waals surface area contributed by atoms with Crippen molar-refractivity contribution >= 4 is 22.9 Å². The van der Waals surface area contributed by atoms with Gasteiger partial charge in [-0.05, 0) is 23.1 Å². The van der Waals surface area contributed by atoms with Crippen LogP contribution in [0.15, 0.2) is 66.9 Å². The third-order valence-corrected chi connectivity index (χ3v) is 3.06. The molecule has 2 aromatic carbocycles. The van der Waals surface area contributed by atoms with Crippen molar-refractivity contribution in [3.05, 3.63) is 83.3 Å². The summed E-state index contributed by atoms with van der Waals surface area (Å²) in [6, 6.07) is 19.7. The molecule has 0 atom stereocenters. The summed E-state index contributed by atoms with van der Waals surface area (Å²) >= 11 is 0. The van der Waals surface area contributed by atoms with Gasteiger partial charge >= 0.3 is 0 Å². The molecule has 0 saturated heterocycles. The van der Waals surface area contributed by atoms with Crippen molar-refractivity contribution in [2.75, 3.05) is 0 Å². The minimum absolute atomic E-state index is 0.641. The van der Waals surface area contributed by atoms with Crippen LogP contribution in [0.25, 0.3) is 22.9 Å². The standard InChI is InChI=1S/C17H13NO/c19-18-13-16-9-5-4-8-15(16)12-17(18)11-10-14-6-2-1-3-7-14/h1-13H/b11-10+. The molecule has 19 heavy (non-hydrogen) atoms. The zero-order chi connectivity index (χ0) is 13.1. The van der Waals surface area contributed by atoms with E-state index in [9.17, 15) is 5.21 Å². The molecule has 0 unspecified atom stereocenters. The van der Waals surface area contributed by atoms with Gasteiger partial charge in [-0.25, -0.2) is 0 Å². The molecular weight excluding hydrogens is 234 g/mol. The van der Waals surface area contributed by atoms with E-state index in [-0.39, 0.29) is 0 Å². The Morgan fingerprint density at radius 1 is 0.789 bits per heavy atom. The summed E-state index contributed by atoms with van der Waals surface area (Å²) in [5.41, 5.74) is 1.72. The van der Waals surface area contributed by atoms with Crippen LogP contribution in [0.4, 0.5) is 0 Å². The first-order chi connectivity index (χ1) is 9.33. The maximum Gasteiger partial charge on any atom is 0.217 e. The van der Waals surface area contributed by atoms with E-state index in [1.165, 1.54) is 0 Å². The zero-order valence-electron chi connectivity index (χ0n) is 10.4. The quantitative estimate of drug-likeness (QED) is 0.501. The highest BCUT2D eigenvalue weighted by Crippen LogP contribution is 2.14. The molecule has 3 aromatic rings. The molecule has 0 amide bonds. The molecule has 92 valence electrons. The first kappa shape index (κ1) is 11.5. The monoisotopic (exact) mass is 247 g/mol. The van der Waals surface area contributed by atoms with Crippen LogP contribution in [0.2, 0.25) is 0 Å². The van der Waals surface area contributed by atoms with Crippen molar-refractivity contribution in [3.8, 4) is 0 Å². The summed E-state index contributed by atoms with van der Waals surface area (Å²) in [7, 11) is 0. The molecule has 1 heterocycles. The molecule has 2 nitrogen and oxygen atoms in total. The van der Waals surface area contributed by atoms with Gasteiger partial charge in [0.15, 0.2) is 6.20 Å². The third kappa shape index (κ3) is 2.47. The van der Waals surface area contributed by atoms with Crippen LogP contribution in [0.3, 0.4) is 0 Å². The van der Waals surface area contributed by atoms with E-state index in [4.69, 9.17) is 0 Å². The summed E-state index contributed by atoms with van der Waals surface area (Å²) in [4.78, 5) is 0. The number of hydrogen-bond acceptors (Lipinski definition) is 1. The predicted molar refractivity (Wildman–Crippen MR) is 78.3 cm³/mol. The van der Waals surface area contributed by atoms with Gasteiger partial charge in [-0.3, -0.25) is 0 Å². The molecular formula is C17H13NO. The van der Waals surface area contributed by atoms with E-state index in [1.807, 2.05) is 72.8 Å². The lowest BCUT2D eigenvalue weighted by molar-refractivity contribution is -0.605. The highest BCUT2D eigenvalue weighted by Gasteiger charge is 2.03. The second kappa shape index (κ2) is 4.94. The number of pyridine rings is 1. The van der Waals surface area contributed by atoms with Crippen molar-refractivity contribution in [1.29, 1.82) is 0 Å². The Morgan fingerprint density at radius 2 is 1.47 bits per heavy atom. The number of rotatable bonds is 2. The molecule has 1 aromatic heterocycles. The van der Waals surface area contributed by atoms with Gasteiger partial charge in [0.2, 0.25) is 5.69 Å². The van der Waals surface area contributed by atoms with E-state index >= 15 is 0 Å². The Labute approximate surface area is 111 Å². The van der Waals surface area contributed by atoms with Gasteiger partial charge in [-0.1, -0.05) is 48.5 Å². The summed E-state index contributed by atoms with van der Waals surface area (Å²) in [6.45, 7) is 0. The zero-order valence-corrected chi connectivity index (χ0v) is 10.4.